The molecule has 13 heavy (non-hydrogen) atoms. The third-order valence-electron chi connectivity index (χ3n) is 2.48. The highest BCUT2D eigenvalue weighted by atomic mass is 35.6. The summed E-state index contributed by atoms with van der Waals surface area (Å²) in [7, 11) is -1.87. The molecule has 0 saturated carbocycles. The van der Waals surface area contributed by atoms with Crippen LogP contribution in [0.4, 0.5) is 0 Å². The summed E-state index contributed by atoms with van der Waals surface area (Å²) in [5, 5.41) is 1.24. The van der Waals surface area contributed by atoms with Crippen molar-refractivity contribution >= 4 is 35.8 Å². The highest BCUT2D eigenvalue weighted by Gasteiger charge is 2.23. The molecule has 0 bridgehead atoms. The van der Waals surface area contributed by atoms with Crippen molar-refractivity contribution in [3.05, 3.63) is 41.6 Å². The Hall–Kier alpha value is -0.793. The van der Waals surface area contributed by atoms with E-state index in [0.29, 0.717) is 0 Å². The minimum atomic E-state index is -1.87. The summed E-state index contributed by atoms with van der Waals surface area (Å²) in [6.45, 7) is 5.88. The Labute approximate surface area is 84.3 Å². The van der Waals surface area contributed by atoms with Gasteiger partial charge in [0.1, 0.15) is 0 Å². The summed E-state index contributed by atoms with van der Waals surface area (Å²) >= 11 is 6.39. The predicted octanol–water partition coefficient (Wildman–Crippen LogP) is 2.92. The molecule has 0 N–H and O–H groups in total. The van der Waals surface area contributed by atoms with E-state index in [4.69, 9.17) is 11.1 Å². The van der Waals surface area contributed by atoms with Crippen molar-refractivity contribution in [3.63, 3.8) is 0 Å². The maximum Gasteiger partial charge on any atom is 0.206 e. The first-order valence-electron chi connectivity index (χ1n) is 4.28. The van der Waals surface area contributed by atoms with Crippen LogP contribution in [0.15, 0.2) is 30.5 Å². The van der Waals surface area contributed by atoms with Gasteiger partial charge in [0.25, 0.3) is 0 Å². The van der Waals surface area contributed by atoms with Gasteiger partial charge in [-0.2, -0.15) is 11.1 Å². The molecule has 0 radical (unpaired) electrons. The van der Waals surface area contributed by atoms with Gasteiger partial charge in [-0.1, -0.05) is 36.1 Å². The lowest BCUT2D eigenvalue weighted by Gasteiger charge is -2.18. The van der Waals surface area contributed by atoms with E-state index in [1.807, 2.05) is 5.70 Å². The first-order valence-corrected chi connectivity index (χ1v) is 7.87. The number of halogens is 1. The Morgan fingerprint density at radius 2 is 2.00 bits per heavy atom. The molecule has 0 aliphatic heterocycles. The maximum absolute atomic E-state index is 6.39. The summed E-state index contributed by atoms with van der Waals surface area (Å²) in [4.78, 5) is 0. The van der Waals surface area contributed by atoms with E-state index in [1.54, 1.807) is 0 Å². The van der Waals surface area contributed by atoms with E-state index in [-0.39, 0.29) is 0 Å². The average Bonchev–Trinajstić information content (AvgIpc) is 2.07. The van der Waals surface area contributed by atoms with Crippen molar-refractivity contribution < 1.29 is 0 Å². The first-order chi connectivity index (χ1) is 6.13. The van der Waals surface area contributed by atoms with E-state index in [2.05, 4.69) is 43.5 Å². The van der Waals surface area contributed by atoms with Gasteiger partial charge in [-0.25, -0.2) is 0 Å². The summed E-state index contributed by atoms with van der Waals surface area (Å²) in [6, 6.07) is 6.42. The molecule has 1 aromatic carbocycles. The summed E-state index contributed by atoms with van der Waals surface area (Å²) < 4.78 is 0. The van der Waals surface area contributed by atoms with Crippen molar-refractivity contribution in [2.45, 2.75) is 6.55 Å². The lowest BCUT2D eigenvalue weighted by atomic mass is 9.98. The van der Waals surface area contributed by atoms with Crippen LogP contribution >= 0.6 is 11.1 Å². The molecule has 0 amide bonds. The van der Waals surface area contributed by atoms with Gasteiger partial charge >= 0.3 is 0 Å². The fourth-order valence-electron chi connectivity index (χ4n) is 1.38. The fraction of sp³-hybridized carbons (Fsp3) is 0.0909. The molecule has 0 spiro atoms. The third kappa shape index (κ3) is 1.38. The van der Waals surface area contributed by atoms with Gasteiger partial charge in [0.2, 0.25) is 7.38 Å². The van der Waals surface area contributed by atoms with Crippen LogP contribution in [0.2, 0.25) is 6.55 Å². The van der Waals surface area contributed by atoms with Crippen molar-refractivity contribution in [2.75, 3.05) is 0 Å². The number of hydrogen-bond donors (Lipinski definition) is 0. The Bertz CT molecular complexity index is 391. The van der Waals surface area contributed by atoms with Gasteiger partial charge < -0.3 is 0 Å². The molecule has 1 unspecified atom stereocenters. The van der Waals surface area contributed by atoms with E-state index in [9.17, 15) is 0 Å². The summed E-state index contributed by atoms with van der Waals surface area (Å²) in [6.07, 6.45) is 4.23. The van der Waals surface area contributed by atoms with Gasteiger partial charge in [-0.3, -0.25) is 0 Å². The second-order valence-electron chi connectivity index (χ2n) is 3.46. The molecule has 1 aliphatic rings. The Kier molecular flexibility index (Phi) is 1.93. The van der Waals surface area contributed by atoms with E-state index in [1.165, 1.54) is 16.3 Å². The predicted molar refractivity (Wildman–Crippen MR) is 62.7 cm³/mol. The minimum absolute atomic E-state index is 1.24. The van der Waals surface area contributed by atoms with Crippen molar-refractivity contribution in [2.24, 2.45) is 0 Å². The number of fused-ring (bicyclic) bond motifs is 1. The SMILES string of the molecule is C=C[Si](C)(Cl)c1ccc2c(c1)C=C2. The summed E-state index contributed by atoms with van der Waals surface area (Å²) in [5.74, 6) is 0. The molecule has 2 heteroatoms. The van der Waals surface area contributed by atoms with Crippen LogP contribution in [-0.4, -0.2) is 7.38 Å². The lowest BCUT2D eigenvalue weighted by Crippen LogP contribution is -2.37. The fourth-order valence-corrected chi connectivity index (χ4v) is 2.81. The standard InChI is InChI=1S/C11H11ClSi/c1-3-13(2,12)11-7-6-9-4-5-10(9)8-11/h3-8H,1H2,2H3. The van der Waals surface area contributed by atoms with E-state index < -0.39 is 7.38 Å². The van der Waals surface area contributed by atoms with Crippen molar-refractivity contribution in [3.8, 4) is 0 Å². The topological polar surface area (TPSA) is 0 Å². The Balaban J connectivity index is 2.44. The van der Waals surface area contributed by atoms with Crippen LogP contribution in [0.1, 0.15) is 11.1 Å². The molecular weight excluding hydrogens is 196 g/mol. The first kappa shape index (κ1) is 8.79. The molecule has 0 fully saturated rings. The van der Waals surface area contributed by atoms with Gasteiger partial charge in [0, 0.05) is 0 Å². The van der Waals surface area contributed by atoms with Crippen molar-refractivity contribution in [1.29, 1.82) is 0 Å². The quantitative estimate of drug-likeness (QED) is 0.524. The molecule has 1 aliphatic carbocycles. The van der Waals surface area contributed by atoms with Gasteiger partial charge in [-0.05, 0) is 22.9 Å². The van der Waals surface area contributed by atoms with Crippen LogP contribution in [0.25, 0.3) is 12.2 Å². The molecule has 0 nitrogen and oxygen atoms in total. The van der Waals surface area contributed by atoms with Crippen LogP contribution in [0, 0.1) is 0 Å². The largest absolute Gasteiger partial charge is 0.206 e. The summed E-state index contributed by atoms with van der Waals surface area (Å²) in [5.41, 5.74) is 4.52. The monoisotopic (exact) mass is 206 g/mol. The highest BCUT2D eigenvalue weighted by Crippen LogP contribution is 2.23. The molecule has 66 valence electrons. The number of hydrogen-bond acceptors (Lipinski definition) is 0. The maximum atomic E-state index is 6.39. The van der Waals surface area contributed by atoms with Gasteiger partial charge in [0.05, 0.1) is 0 Å². The molecule has 0 saturated heterocycles. The zero-order chi connectivity index (χ0) is 9.47. The molecule has 1 aromatic rings. The average molecular weight is 207 g/mol. The molecule has 0 aromatic heterocycles. The van der Waals surface area contributed by atoms with Gasteiger partial charge in [-0.15, -0.1) is 6.58 Å². The Morgan fingerprint density at radius 3 is 2.46 bits per heavy atom. The Morgan fingerprint density at radius 1 is 1.31 bits per heavy atom. The number of rotatable bonds is 2. The number of benzene rings is 1. The zero-order valence-electron chi connectivity index (χ0n) is 7.55. The van der Waals surface area contributed by atoms with Crippen LogP contribution in [0.5, 0.6) is 0 Å². The zero-order valence-corrected chi connectivity index (χ0v) is 9.31. The van der Waals surface area contributed by atoms with Crippen molar-refractivity contribution in [1.82, 2.24) is 0 Å². The smallest absolute Gasteiger partial charge is 0.156 e. The van der Waals surface area contributed by atoms with Crippen LogP contribution in [0.3, 0.4) is 0 Å². The van der Waals surface area contributed by atoms with Gasteiger partial charge in [0.15, 0.2) is 0 Å². The molecular formula is C11H11ClSi. The molecule has 1 atom stereocenters. The van der Waals surface area contributed by atoms with Crippen LogP contribution < -0.4 is 5.19 Å². The molecule has 2 rings (SSSR count). The highest BCUT2D eigenvalue weighted by molar-refractivity contribution is 7.29. The second-order valence-corrected chi connectivity index (χ2v) is 8.95. The third-order valence-corrected chi connectivity index (χ3v) is 5.80. The van der Waals surface area contributed by atoms with Crippen LogP contribution in [-0.2, 0) is 0 Å². The molecule has 0 heterocycles. The van der Waals surface area contributed by atoms with E-state index in [0.717, 1.165) is 0 Å². The minimum Gasteiger partial charge on any atom is -0.156 e. The second kappa shape index (κ2) is 2.86. The van der Waals surface area contributed by atoms with E-state index >= 15 is 0 Å². The normalized spacial score (nSPS) is 17.1. The lowest BCUT2D eigenvalue weighted by molar-refractivity contribution is 1.60.